The van der Waals surface area contributed by atoms with Gasteiger partial charge in [0.2, 0.25) is 0 Å². The Morgan fingerprint density at radius 3 is 2.53 bits per heavy atom. The Morgan fingerprint density at radius 2 is 1.82 bits per heavy atom. The molecule has 2 atom stereocenters. The zero-order chi connectivity index (χ0) is 24.0. The van der Waals surface area contributed by atoms with E-state index in [0.29, 0.717) is 38.1 Å². The van der Waals surface area contributed by atoms with Crippen molar-refractivity contribution in [3.8, 4) is 0 Å². The predicted octanol–water partition coefficient (Wildman–Crippen LogP) is 5.02. The summed E-state index contributed by atoms with van der Waals surface area (Å²) in [6.07, 6.45) is 10.1. The highest BCUT2D eigenvalue weighted by Gasteiger charge is 2.38. The molecule has 1 saturated carbocycles. The minimum Gasteiger partial charge on any atom is -0.355 e. The van der Waals surface area contributed by atoms with Gasteiger partial charge in [0.05, 0.1) is 10.5 Å². The van der Waals surface area contributed by atoms with Crippen molar-refractivity contribution in [2.75, 3.05) is 18.0 Å². The van der Waals surface area contributed by atoms with E-state index in [2.05, 4.69) is 18.7 Å². The van der Waals surface area contributed by atoms with E-state index in [9.17, 15) is 9.59 Å². The molecule has 2 aliphatic heterocycles. The Balaban J connectivity index is 1.62. The van der Waals surface area contributed by atoms with Crippen LogP contribution in [-0.2, 0) is 4.79 Å². The van der Waals surface area contributed by atoms with Gasteiger partial charge in [-0.3, -0.25) is 18.9 Å². The van der Waals surface area contributed by atoms with Gasteiger partial charge in [-0.1, -0.05) is 63.2 Å². The summed E-state index contributed by atoms with van der Waals surface area (Å²) in [5, 5.41) is 0. The normalized spacial score (nSPS) is 25.7. The number of anilines is 1. The topological polar surface area (TPSA) is 57.9 Å². The largest absolute Gasteiger partial charge is 0.355 e. The minimum absolute atomic E-state index is 0.0676. The lowest BCUT2D eigenvalue weighted by Crippen LogP contribution is -2.41. The lowest BCUT2D eigenvalue weighted by molar-refractivity contribution is -0.124. The Bertz CT molecular complexity index is 1220. The first-order chi connectivity index (χ1) is 16.3. The summed E-state index contributed by atoms with van der Waals surface area (Å²) in [5.41, 5.74) is 1.96. The summed E-state index contributed by atoms with van der Waals surface area (Å²) in [5.74, 6) is 1.64. The van der Waals surface area contributed by atoms with Gasteiger partial charge in [0.1, 0.15) is 15.8 Å². The molecule has 180 valence electrons. The Hall–Kier alpha value is -2.19. The van der Waals surface area contributed by atoms with Gasteiger partial charge in [0.15, 0.2) is 0 Å². The highest BCUT2D eigenvalue weighted by atomic mass is 32.2. The molecule has 2 aromatic heterocycles. The van der Waals surface area contributed by atoms with Crippen LogP contribution in [0.3, 0.4) is 0 Å². The molecule has 0 radical (unpaired) electrons. The van der Waals surface area contributed by atoms with E-state index < -0.39 is 0 Å². The molecule has 0 N–H and O–H groups in total. The monoisotopic (exact) mass is 496 g/mol. The lowest BCUT2D eigenvalue weighted by atomic mass is 9.91. The van der Waals surface area contributed by atoms with Crippen LogP contribution in [-0.4, -0.2) is 43.6 Å². The molecular weight excluding hydrogens is 464 g/mol. The fourth-order valence-corrected chi connectivity index (χ4v) is 7.15. The fraction of sp³-hybridized carbons (Fsp3) is 0.538. The van der Waals surface area contributed by atoms with E-state index in [1.54, 1.807) is 21.6 Å². The number of hydrogen-bond acceptors (Lipinski definition) is 6. The summed E-state index contributed by atoms with van der Waals surface area (Å²) >= 11 is 6.94. The first kappa shape index (κ1) is 23.5. The summed E-state index contributed by atoms with van der Waals surface area (Å²) in [4.78, 5) is 36.8. The van der Waals surface area contributed by atoms with Crippen molar-refractivity contribution in [2.24, 2.45) is 11.8 Å². The maximum Gasteiger partial charge on any atom is 0.267 e. The molecule has 6 nitrogen and oxygen atoms in total. The van der Waals surface area contributed by atoms with E-state index in [4.69, 9.17) is 17.2 Å². The average Bonchev–Trinajstić information content (AvgIpc) is 3.08. The molecule has 5 rings (SSSR count). The van der Waals surface area contributed by atoms with Gasteiger partial charge in [-0.25, -0.2) is 4.98 Å². The molecule has 1 aliphatic carbocycles. The highest BCUT2D eigenvalue weighted by molar-refractivity contribution is 8.26. The molecule has 0 bridgehead atoms. The van der Waals surface area contributed by atoms with Crippen molar-refractivity contribution in [3.63, 3.8) is 0 Å². The minimum atomic E-state index is -0.141. The molecule has 8 heteroatoms. The van der Waals surface area contributed by atoms with Crippen molar-refractivity contribution in [2.45, 2.75) is 65.3 Å². The second kappa shape index (κ2) is 9.46. The van der Waals surface area contributed by atoms with E-state index >= 15 is 0 Å². The molecule has 4 heterocycles. The molecule has 0 spiro atoms. The van der Waals surface area contributed by atoms with Crippen LogP contribution in [0.2, 0.25) is 0 Å². The van der Waals surface area contributed by atoms with Crippen molar-refractivity contribution in [1.82, 2.24) is 14.3 Å². The van der Waals surface area contributed by atoms with Gasteiger partial charge in [-0.2, -0.15) is 0 Å². The molecule has 2 saturated heterocycles. The molecule has 2 unspecified atom stereocenters. The third-order valence-corrected chi connectivity index (χ3v) is 8.60. The van der Waals surface area contributed by atoms with Crippen molar-refractivity contribution >= 4 is 51.7 Å². The SMILES string of the molecule is Cc1cccn2c(=O)c(/C=C3\SC(=S)N(C4CCCCC4)C3=O)c(N3CC(C)CC(C)C3)nc12. The molecular formula is C26H32N4O2S2. The van der Waals surface area contributed by atoms with Gasteiger partial charge < -0.3 is 4.90 Å². The molecule has 1 amide bonds. The molecule has 2 aromatic rings. The maximum atomic E-state index is 13.8. The Kier molecular flexibility index (Phi) is 6.55. The van der Waals surface area contributed by atoms with E-state index in [1.165, 1.54) is 18.2 Å². The van der Waals surface area contributed by atoms with Crippen LogP contribution in [0.5, 0.6) is 0 Å². The van der Waals surface area contributed by atoms with Crippen molar-refractivity contribution in [3.05, 3.63) is 44.7 Å². The number of thioether (sulfide) groups is 1. The molecule has 34 heavy (non-hydrogen) atoms. The number of amides is 1. The zero-order valence-corrected chi connectivity index (χ0v) is 21.8. The summed E-state index contributed by atoms with van der Waals surface area (Å²) in [6.45, 7) is 8.17. The van der Waals surface area contributed by atoms with Gasteiger partial charge in [0, 0.05) is 25.3 Å². The average molecular weight is 497 g/mol. The number of nitrogens with zero attached hydrogens (tertiary/aromatic N) is 4. The fourth-order valence-electron chi connectivity index (χ4n) is 5.77. The quantitative estimate of drug-likeness (QED) is 0.439. The smallest absolute Gasteiger partial charge is 0.267 e. The summed E-state index contributed by atoms with van der Waals surface area (Å²) in [6, 6.07) is 4.01. The van der Waals surface area contributed by atoms with Crippen LogP contribution in [0.4, 0.5) is 5.82 Å². The number of aromatic nitrogens is 2. The third kappa shape index (κ3) is 4.31. The number of rotatable bonds is 3. The van der Waals surface area contributed by atoms with Crippen molar-refractivity contribution in [1.29, 1.82) is 0 Å². The van der Waals surface area contributed by atoms with Crippen LogP contribution in [0.1, 0.15) is 63.5 Å². The number of piperidine rings is 1. The Morgan fingerprint density at radius 1 is 1.12 bits per heavy atom. The van der Waals surface area contributed by atoms with Gasteiger partial charge in [-0.15, -0.1) is 0 Å². The van der Waals surface area contributed by atoms with Crippen molar-refractivity contribution < 1.29 is 4.79 Å². The zero-order valence-electron chi connectivity index (χ0n) is 20.1. The standard InChI is InChI=1S/C26H32N4O2S2/c1-16-12-17(2)15-28(14-16)23-20(24(31)29-11-7-8-18(3)22(29)27-23)13-21-25(32)30(26(33)34-21)19-9-5-4-6-10-19/h7-8,11,13,16-17,19H,4-6,9-10,12,14-15H2,1-3H3/b21-13-. The van der Waals surface area contributed by atoms with Crippen LogP contribution >= 0.6 is 24.0 Å². The van der Waals surface area contributed by atoms with Gasteiger partial charge in [-0.05, 0) is 55.7 Å². The molecule has 3 fully saturated rings. The first-order valence-corrected chi connectivity index (χ1v) is 13.6. The predicted molar refractivity (Wildman–Crippen MR) is 143 cm³/mol. The molecule has 0 aromatic carbocycles. The van der Waals surface area contributed by atoms with E-state index in [0.717, 1.165) is 50.8 Å². The number of pyridine rings is 1. The highest BCUT2D eigenvalue weighted by Crippen LogP contribution is 2.38. The van der Waals surface area contributed by atoms with Crippen LogP contribution in [0, 0.1) is 18.8 Å². The number of carbonyl (C=O) groups excluding carboxylic acids is 1. The summed E-state index contributed by atoms with van der Waals surface area (Å²) in [7, 11) is 0. The van der Waals surface area contributed by atoms with Gasteiger partial charge in [0.25, 0.3) is 11.5 Å². The number of fused-ring (bicyclic) bond motifs is 1. The number of thiocarbonyl (C=S) groups is 1. The van der Waals surface area contributed by atoms with E-state index in [-0.39, 0.29) is 17.5 Å². The number of hydrogen-bond donors (Lipinski definition) is 0. The molecule has 3 aliphatic rings. The van der Waals surface area contributed by atoms with Crippen LogP contribution in [0.15, 0.2) is 28.0 Å². The second-order valence-corrected chi connectivity index (χ2v) is 11.9. The van der Waals surface area contributed by atoms with Crippen LogP contribution < -0.4 is 10.5 Å². The van der Waals surface area contributed by atoms with Crippen LogP contribution in [0.25, 0.3) is 11.7 Å². The lowest BCUT2D eigenvalue weighted by Gasteiger charge is -2.36. The maximum absolute atomic E-state index is 13.8. The van der Waals surface area contributed by atoms with Gasteiger partial charge >= 0.3 is 0 Å². The third-order valence-electron chi connectivity index (χ3n) is 7.27. The second-order valence-electron chi connectivity index (χ2n) is 10.2. The number of carbonyl (C=O) groups is 1. The number of aryl methyl sites for hydroxylation is 1. The Labute approximate surface area is 210 Å². The summed E-state index contributed by atoms with van der Waals surface area (Å²) < 4.78 is 2.21. The first-order valence-electron chi connectivity index (χ1n) is 12.4. The van der Waals surface area contributed by atoms with E-state index in [1.807, 2.05) is 19.1 Å².